The fraction of sp³-hybridized carbons (Fsp3) is 0. The van der Waals surface area contributed by atoms with Crippen LogP contribution in [0.25, 0.3) is 28.2 Å². The molecular formula is C44H30ClN7O2. The molecule has 2 N–H and O–H groups in total. The van der Waals surface area contributed by atoms with E-state index in [4.69, 9.17) is 16.6 Å². The fourth-order valence-corrected chi connectivity index (χ4v) is 6.22. The van der Waals surface area contributed by atoms with Gasteiger partial charge in [-0.3, -0.25) is 19.9 Å². The Morgan fingerprint density at radius 2 is 1.31 bits per heavy atom. The smallest absolute Gasteiger partial charge is 0.295 e. The Morgan fingerprint density at radius 1 is 0.685 bits per heavy atom. The highest BCUT2D eigenvalue weighted by atomic mass is 35.5. The van der Waals surface area contributed by atoms with E-state index in [0.29, 0.717) is 27.8 Å². The monoisotopic (exact) mass is 723 g/mol. The van der Waals surface area contributed by atoms with Crippen LogP contribution >= 0.6 is 11.6 Å². The van der Waals surface area contributed by atoms with Gasteiger partial charge in [0.1, 0.15) is 11.5 Å². The maximum Gasteiger partial charge on any atom is 0.295 e. The molecule has 54 heavy (non-hydrogen) atoms. The number of amidine groups is 2. The third kappa shape index (κ3) is 7.12. The molecule has 0 aliphatic carbocycles. The van der Waals surface area contributed by atoms with Crippen molar-refractivity contribution in [2.45, 2.75) is 0 Å². The van der Waals surface area contributed by atoms with Crippen LogP contribution in [0.3, 0.4) is 0 Å². The Morgan fingerprint density at radius 3 is 2.02 bits per heavy atom. The number of nitrogens with one attached hydrogen (secondary N) is 2. The summed E-state index contributed by atoms with van der Waals surface area (Å²) in [5.41, 5.74) is 9.88. The Kier molecular flexibility index (Phi) is 9.52. The van der Waals surface area contributed by atoms with E-state index in [1.165, 1.54) is 0 Å². The number of hydrogen-bond donors (Lipinski definition) is 2. The number of aromatic nitrogens is 1. The number of para-hydroxylation sites is 1. The Balaban J connectivity index is 1.10. The molecule has 10 heteroatoms. The summed E-state index contributed by atoms with van der Waals surface area (Å²) in [5, 5.41) is 14.2. The second-order valence-electron chi connectivity index (χ2n) is 12.3. The van der Waals surface area contributed by atoms with Crippen molar-refractivity contribution in [2.75, 3.05) is 10.3 Å². The van der Waals surface area contributed by atoms with Crippen LogP contribution < -0.4 is 10.3 Å². The molecule has 0 unspecified atom stereocenters. The van der Waals surface area contributed by atoms with Crippen LogP contribution in [0.15, 0.2) is 190 Å². The predicted octanol–water partition coefficient (Wildman–Crippen LogP) is 10.4. The maximum absolute atomic E-state index is 14.3. The molecule has 0 spiro atoms. The summed E-state index contributed by atoms with van der Waals surface area (Å²) in [5.74, 6) is -0.181. The van der Waals surface area contributed by atoms with Crippen LogP contribution in [0.4, 0.5) is 11.4 Å². The number of halogens is 1. The maximum atomic E-state index is 14.3. The van der Waals surface area contributed by atoms with Gasteiger partial charge in [0.2, 0.25) is 5.84 Å². The molecule has 0 saturated heterocycles. The zero-order chi connectivity index (χ0) is 36.9. The van der Waals surface area contributed by atoms with E-state index < -0.39 is 5.91 Å². The third-order valence-corrected chi connectivity index (χ3v) is 9.01. The standard InChI is InChI=1S/C44H30ClN7O2/c45-33-22-24-34(25-23-33)48-49-41(30-14-6-2-7-15-30)50-51-43(53)32-20-26-35(27-21-32)52-42(31-16-8-3-9-17-31)47-39(44(52)54)28-37-36-18-10-11-19-38(36)46-40(37)29-12-4-1-5-13-29/h1-28,46,48H/b39-28-,49-41+,51-50?. The molecule has 7 aromatic rings. The molecule has 1 aromatic heterocycles. The van der Waals surface area contributed by atoms with Crippen LogP contribution in [0, 0.1) is 0 Å². The van der Waals surface area contributed by atoms with Crippen LogP contribution in [0.2, 0.25) is 5.02 Å². The summed E-state index contributed by atoms with van der Waals surface area (Å²) in [7, 11) is 0. The summed E-state index contributed by atoms with van der Waals surface area (Å²) in [6, 6.07) is 50.4. The molecule has 8 rings (SSSR count). The fourth-order valence-electron chi connectivity index (χ4n) is 6.10. The van der Waals surface area contributed by atoms with Gasteiger partial charge in [-0.2, -0.15) is 5.10 Å². The normalized spacial score (nSPS) is 13.9. The first kappa shape index (κ1) is 33.9. The van der Waals surface area contributed by atoms with Gasteiger partial charge in [0.25, 0.3) is 11.8 Å². The van der Waals surface area contributed by atoms with Crippen molar-refractivity contribution < 1.29 is 9.59 Å². The lowest BCUT2D eigenvalue weighted by molar-refractivity contribution is -0.113. The van der Waals surface area contributed by atoms with Crippen molar-refractivity contribution >= 4 is 63.4 Å². The Hall–Kier alpha value is -7.23. The van der Waals surface area contributed by atoms with Crippen LogP contribution in [0.1, 0.15) is 27.0 Å². The number of H-pyrrole nitrogens is 1. The van der Waals surface area contributed by atoms with Gasteiger partial charge in [-0.25, -0.2) is 4.99 Å². The number of fused-ring (bicyclic) bond motifs is 1. The number of hydrazone groups is 1. The minimum Gasteiger partial charge on any atom is -0.354 e. The molecule has 6 aromatic carbocycles. The van der Waals surface area contributed by atoms with Crippen LogP contribution in [0.5, 0.6) is 0 Å². The molecule has 2 heterocycles. The van der Waals surface area contributed by atoms with Crippen molar-refractivity contribution in [3.63, 3.8) is 0 Å². The number of carbonyl (C=O) groups is 2. The number of carbonyl (C=O) groups excluding carboxylic acids is 2. The van der Waals surface area contributed by atoms with E-state index in [1.807, 2.05) is 121 Å². The van der Waals surface area contributed by atoms with Crippen molar-refractivity contribution in [1.29, 1.82) is 0 Å². The lowest BCUT2D eigenvalue weighted by Gasteiger charge is -2.18. The minimum atomic E-state index is -0.574. The highest BCUT2D eigenvalue weighted by Crippen LogP contribution is 2.35. The van der Waals surface area contributed by atoms with Gasteiger partial charge in [0, 0.05) is 38.2 Å². The van der Waals surface area contributed by atoms with Crippen LogP contribution in [-0.2, 0) is 4.79 Å². The number of azo groups is 1. The first-order valence-corrected chi connectivity index (χ1v) is 17.5. The van der Waals surface area contributed by atoms with E-state index in [0.717, 1.165) is 33.3 Å². The number of aliphatic imine (C=N–C) groups is 1. The summed E-state index contributed by atoms with van der Waals surface area (Å²) < 4.78 is 0. The topological polar surface area (TPSA) is 115 Å². The number of benzene rings is 6. The third-order valence-electron chi connectivity index (χ3n) is 8.76. The quantitative estimate of drug-likeness (QED) is 0.0535. The van der Waals surface area contributed by atoms with Gasteiger partial charge < -0.3 is 4.98 Å². The minimum absolute atomic E-state index is 0.215. The predicted molar refractivity (Wildman–Crippen MR) is 216 cm³/mol. The first-order valence-electron chi connectivity index (χ1n) is 17.1. The van der Waals surface area contributed by atoms with E-state index in [1.54, 1.807) is 53.4 Å². The molecule has 1 aliphatic heterocycles. The number of amides is 2. The molecule has 0 atom stereocenters. The number of hydrogen-bond acceptors (Lipinski definition) is 5. The molecule has 2 amide bonds. The lowest BCUT2D eigenvalue weighted by Crippen LogP contribution is -2.32. The SMILES string of the molecule is O=C(N=N/C(=N/Nc1ccc(Cl)cc1)c1ccccc1)c1ccc(N2C(=O)/C(=C/c3c(-c4ccccc4)[nH]c4ccccc34)N=C2c2ccccc2)cc1. The number of anilines is 2. The van der Waals surface area contributed by atoms with E-state index in [9.17, 15) is 9.59 Å². The summed E-state index contributed by atoms with van der Waals surface area (Å²) in [6.07, 6.45) is 1.85. The number of aromatic amines is 1. The van der Waals surface area contributed by atoms with Crippen molar-refractivity contribution in [1.82, 2.24) is 4.98 Å². The lowest BCUT2D eigenvalue weighted by atomic mass is 10.0. The van der Waals surface area contributed by atoms with E-state index >= 15 is 0 Å². The van der Waals surface area contributed by atoms with Crippen molar-refractivity contribution in [2.24, 2.45) is 20.3 Å². The molecule has 0 fully saturated rings. The van der Waals surface area contributed by atoms with Crippen molar-refractivity contribution in [3.05, 3.63) is 197 Å². The molecule has 0 saturated carbocycles. The number of rotatable bonds is 8. The zero-order valence-electron chi connectivity index (χ0n) is 28.6. The summed E-state index contributed by atoms with van der Waals surface area (Å²) >= 11 is 6.01. The summed E-state index contributed by atoms with van der Waals surface area (Å²) in [4.78, 5) is 37.6. The number of nitrogens with zero attached hydrogens (tertiary/aromatic N) is 5. The molecule has 0 radical (unpaired) electrons. The van der Waals surface area contributed by atoms with E-state index in [2.05, 4.69) is 25.7 Å². The largest absolute Gasteiger partial charge is 0.354 e. The zero-order valence-corrected chi connectivity index (χ0v) is 29.4. The first-order chi connectivity index (χ1) is 26.5. The van der Waals surface area contributed by atoms with Gasteiger partial charge in [0.05, 0.1) is 17.1 Å². The highest BCUT2D eigenvalue weighted by Gasteiger charge is 2.33. The molecular weight excluding hydrogens is 694 g/mol. The average molecular weight is 724 g/mol. The Bertz CT molecular complexity index is 2600. The second kappa shape index (κ2) is 15.2. The van der Waals surface area contributed by atoms with Gasteiger partial charge in [-0.15, -0.1) is 10.2 Å². The van der Waals surface area contributed by atoms with Gasteiger partial charge in [-0.05, 0) is 66.2 Å². The van der Waals surface area contributed by atoms with Gasteiger partial charge in [-0.1, -0.05) is 121 Å². The second-order valence-corrected chi connectivity index (χ2v) is 12.7. The average Bonchev–Trinajstić information content (AvgIpc) is 3.76. The molecule has 9 nitrogen and oxygen atoms in total. The Labute approximate surface area is 315 Å². The summed E-state index contributed by atoms with van der Waals surface area (Å²) in [6.45, 7) is 0. The molecule has 260 valence electrons. The van der Waals surface area contributed by atoms with Crippen molar-refractivity contribution in [3.8, 4) is 11.3 Å². The highest BCUT2D eigenvalue weighted by molar-refractivity contribution is 6.33. The molecule has 1 aliphatic rings. The van der Waals surface area contributed by atoms with Gasteiger partial charge >= 0.3 is 0 Å². The van der Waals surface area contributed by atoms with E-state index in [-0.39, 0.29) is 23.0 Å². The van der Waals surface area contributed by atoms with Gasteiger partial charge in [0.15, 0.2) is 0 Å². The molecule has 0 bridgehead atoms. The van der Waals surface area contributed by atoms with Crippen LogP contribution in [-0.4, -0.2) is 28.5 Å².